The third-order valence-electron chi connectivity index (χ3n) is 5.61. The van der Waals surface area contributed by atoms with Crippen molar-refractivity contribution >= 4 is 34.5 Å². The van der Waals surface area contributed by atoms with Crippen LogP contribution in [0.4, 0.5) is 0 Å². The standard InChI is InChI=1S/C29H26ClN3O3/c1-2-35-28-16-21(9-12-27(28)36-19-20-7-10-24(30)11-8-20)15-23(17-31)29(34)32-14-13-22-18-33-26-6-4-3-5-25(22)26/h3-12,15-16,18,33H,2,13-14,19H2,1H3,(H,32,34)/b23-15-. The van der Waals surface area contributed by atoms with E-state index < -0.39 is 5.91 Å². The first-order chi connectivity index (χ1) is 17.6. The van der Waals surface area contributed by atoms with E-state index in [-0.39, 0.29) is 5.57 Å². The second-order valence-corrected chi connectivity index (χ2v) is 8.53. The first-order valence-electron chi connectivity index (χ1n) is 11.7. The summed E-state index contributed by atoms with van der Waals surface area (Å²) in [6.45, 7) is 3.10. The molecule has 0 bridgehead atoms. The highest BCUT2D eigenvalue weighted by atomic mass is 35.5. The van der Waals surface area contributed by atoms with Crippen LogP contribution >= 0.6 is 11.6 Å². The number of halogens is 1. The van der Waals surface area contributed by atoms with Gasteiger partial charge in [0, 0.05) is 28.7 Å². The zero-order valence-corrected chi connectivity index (χ0v) is 20.6. The number of aromatic nitrogens is 1. The number of carbonyl (C=O) groups is 1. The molecule has 0 fully saturated rings. The maximum absolute atomic E-state index is 12.7. The van der Waals surface area contributed by atoms with Crippen molar-refractivity contribution in [3.8, 4) is 17.6 Å². The second kappa shape index (κ2) is 12.0. The largest absolute Gasteiger partial charge is 0.490 e. The van der Waals surface area contributed by atoms with Crippen LogP contribution in [0, 0.1) is 11.3 Å². The molecule has 4 aromatic rings. The Balaban J connectivity index is 1.41. The van der Waals surface area contributed by atoms with E-state index in [1.165, 1.54) is 0 Å². The molecule has 0 aliphatic carbocycles. The van der Waals surface area contributed by atoms with E-state index in [9.17, 15) is 10.1 Å². The quantitative estimate of drug-likeness (QED) is 0.205. The third kappa shape index (κ3) is 6.26. The Morgan fingerprint density at radius 1 is 1.08 bits per heavy atom. The zero-order chi connectivity index (χ0) is 25.3. The summed E-state index contributed by atoms with van der Waals surface area (Å²) in [5.74, 6) is 0.696. The van der Waals surface area contributed by atoms with Gasteiger partial charge in [0.1, 0.15) is 18.2 Å². The first-order valence-corrected chi connectivity index (χ1v) is 12.0. The van der Waals surface area contributed by atoms with Gasteiger partial charge in [-0.2, -0.15) is 5.26 Å². The lowest BCUT2D eigenvalue weighted by molar-refractivity contribution is -0.117. The van der Waals surface area contributed by atoms with E-state index in [0.717, 1.165) is 22.0 Å². The van der Waals surface area contributed by atoms with Crippen LogP contribution in [0.25, 0.3) is 17.0 Å². The topological polar surface area (TPSA) is 87.1 Å². The van der Waals surface area contributed by atoms with Crippen LogP contribution in [0.3, 0.4) is 0 Å². The molecule has 0 radical (unpaired) electrons. The maximum Gasteiger partial charge on any atom is 0.261 e. The van der Waals surface area contributed by atoms with Gasteiger partial charge in [-0.25, -0.2) is 0 Å². The fourth-order valence-electron chi connectivity index (χ4n) is 3.80. The molecule has 0 spiro atoms. The number of nitriles is 1. The number of rotatable bonds is 10. The minimum absolute atomic E-state index is 0.0196. The van der Waals surface area contributed by atoms with Gasteiger partial charge in [0.25, 0.3) is 5.91 Å². The number of H-pyrrole nitrogens is 1. The molecule has 1 heterocycles. The van der Waals surface area contributed by atoms with E-state index in [1.54, 1.807) is 24.3 Å². The van der Waals surface area contributed by atoms with E-state index >= 15 is 0 Å². The number of benzene rings is 3. The van der Waals surface area contributed by atoms with Gasteiger partial charge in [-0.3, -0.25) is 4.79 Å². The molecule has 0 unspecified atom stereocenters. The van der Waals surface area contributed by atoms with Crippen LogP contribution in [-0.2, 0) is 17.8 Å². The van der Waals surface area contributed by atoms with Crippen LogP contribution in [0.15, 0.2) is 78.5 Å². The van der Waals surface area contributed by atoms with Crippen molar-refractivity contribution in [2.24, 2.45) is 0 Å². The molecular formula is C29H26ClN3O3. The van der Waals surface area contributed by atoms with Gasteiger partial charge in [-0.15, -0.1) is 0 Å². The molecule has 1 aromatic heterocycles. The minimum atomic E-state index is -0.418. The summed E-state index contributed by atoms with van der Waals surface area (Å²) in [5.41, 5.74) is 3.83. The zero-order valence-electron chi connectivity index (χ0n) is 19.9. The summed E-state index contributed by atoms with van der Waals surface area (Å²) in [4.78, 5) is 15.9. The van der Waals surface area contributed by atoms with Crippen LogP contribution in [-0.4, -0.2) is 24.0 Å². The van der Waals surface area contributed by atoms with Gasteiger partial charge in [-0.05, 0) is 66.4 Å². The molecule has 1 amide bonds. The number of ether oxygens (including phenoxy) is 2. The number of hydrogen-bond acceptors (Lipinski definition) is 4. The predicted molar refractivity (Wildman–Crippen MR) is 142 cm³/mol. The van der Waals surface area contributed by atoms with Crippen molar-refractivity contribution in [1.82, 2.24) is 10.3 Å². The van der Waals surface area contributed by atoms with Crippen molar-refractivity contribution in [3.63, 3.8) is 0 Å². The van der Waals surface area contributed by atoms with E-state index in [2.05, 4.69) is 10.3 Å². The number of amides is 1. The van der Waals surface area contributed by atoms with Crippen LogP contribution < -0.4 is 14.8 Å². The number of carbonyl (C=O) groups excluding carboxylic acids is 1. The molecular weight excluding hydrogens is 474 g/mol. The lowest BCUT2D eigenvalue weighted by Crippen LogP contribution is -2.26. The van der Waals surface area contributed by atoms with E-state index in [4.69, 9.17) is 21.1 Å². The molecule has 7 heteroatoms. The smallest absolute Gasteiger partial charge is 0.261 e. The Bertz CT molecular complexity index is 1420. The summed E-state index contributed by atoms with van der Waals surface area (Å²) >= 11 is 5.94. The molecule has 4 rings (SSSR count). The number of nitrogens with one attached hydrogen (secondary N) is 2. The Kier molecular flexibility index (Phi) is 8.28. The average molecular weight is 500 g/mol. The van der Waals surface area contributed by atoms with Crippen molar-refractivity contribution < 1.29 is 14.3 Å². The second-order valence-electron chi connectivity index (χ2n) is 8.09. The summed E-state index contributed by atoms with van der Waals surface area (Å²) in [6.07, 6.45) is 4.15. The van der Waals surface area contributed by atoms with Gasteiger partial charge < -0.3 is 19.8 Å². The van der Waals surface area contributed by atoms with Gasteiger partial charge in [0.2, 0.25) is 0 Å². The molecule has 0 saturated heterocycles. The summed E-state index contributed by atoms with van der Waals surface area (Å²) in [5, 5.41) is 14.2. The average Bonchev–Trinajstić information content (AvgIpc) is 3.31. The molecule has 3 aromatic carbocycles. The van der Waals surface area contributed by atoms with Crippen molar-refractivity contribution in [2.75, 3.05) is 13.2 Å². The fraction of sp³-hybridized carbons (Fsp3) is 0.172. The molecule has 6 nitrogen and oxygen atoms in total. The number of para-hydroxylation sites is 1. The Morgan fingerprint density at radius 2 is 1.89 bits per heavy atom. The third-order valence-corrected chi connectivity index (χ3v) is 5.86. The molecule has 0 aliphatic rings. The number of nitrogens with zero attached hydrogens (tertiary/aromatic N) is 1. The van der Waals surface area contributed by atoms with Crippen LogP contribution in [0.5, 0.6) is 11.5 Å². The van der Waals surface area contributed by atoms with Gasteiger partial charge in [-0.1, -0.05) is 48.0 Å². The minimum Gasteiger partial charge on any atom is -0.490 e. The molecule has 36 heavy (non-hydrogen) atoms. The molecule has 182 valence electrons. The summed E-state index contributed by atoms with van der Waals surface area (Å²) in [7, 11) is 0. The highest BCUT2D eigenvalue weighted by Crippen LogP contribution is 2.30. The Hall–Kier alpha value is -4.21. The highest BCUT2D eigenvalue weighted by Gasteiger charge is 2.12. The van der Waals surface area contributed by atoms with Crippen molar-refractivity contribution in [1.29, 1.82) is 5.26 Å². The van der Waals surface area contributed by atoms with Crippen LogP contribution in [0.1, 0.15) is 23.6 Å². The normalized spacial score (nSPS) is 11.2. The van der Waals surface area contributed by atoms with Gasteiger partial charge in [0.05, 0.1) is 6.61 Å². The number of fused-ring (bicyclic) bond motifs is 1. The van der Waals surface area contributed by atoms with Crippen molar-refractivity contribution in [3.05, 3.63) is 100 Å². The Morgan fingerprint density at radius 3 is 2.67 bits per heavy atom. The Labute approximate surface area is 215 Å². The SMILES string of the molecule is CCOc1cc(/C=C(/C#N)C(=O)NCCc2c[nH]c3ccccc23)ccc1OCc1ccc(Cl)cc1. The van der Waals surface area contributed by atoms with E-state index in [0.29, 0.717) is 48.3 Å². The maximum atomic E-state index is 12.7. The first kappa shape index (κ1) is 24.9. The number of hydrogen-bond donors (Lipinski definition) is 2. The van der Waals surface area contributed by atoms with Crippen LogP contribution in [0.2, 0.25) is 5.02 Å². The lowest BCUT2D eigenvalue weighted by Gasteiger charge is -2.13. The lowest BCUT2D eigenvalue weighted by atomic mass is 10.1. The molecule has 0 atom stereocenters. The van der Waals surface area contributed by atoms with Gasteiger partial charge in [0.15, 0.2) is 11.5 Å². The fourth-order valence-corrected chi connectivity index (χ4v) is 3.93. The van der Waals surface area contributed by atoms with Gasteiger partial charge >= 0.3 is 0 Å². The molecule has 2 N–H and O–H groups in total. The highest BCUT2D eigenvalue weighted by molar-refractivity contribution is 6.30. The summed E-state index contributed by atoms with van der Waals surface area (Å²) < 4.78 is 11.7. The predicted octanol–water partition coefficient (Wildman–Crippen LogP) is 6.06. The van der Waals surface area contributed by atoms with Crippen molar-refractivity contribution in [2.45, 2.75) is 20.0 Å². The monoisotopic (exact) mass is 499 g/mol. The van der Waals surface area contributed by atoms with E-state index in [1.807, 2.05) is 67.7 Å². The molecule has 0 aliphatic heterocycles. The molecule has 0 saturated carbocycles. The number of aromatic amines is 1. The summed E-state index contributed by atoms with van der Waals surface area (Å²) in [6, 6.07) is 22.8.